The van der Waals surface area contributed by atoms with Gasteiger partial charge in [0, 0.05) is 4.90 Å². The van der Waals surface area contributed by atoms with Crippen LogP contribution in [0.25, 0.3) is 0 Å². The van der Waals surface area contributed by atoms with Gasteiger partial charge in [-0.3, -0.25) is 0 Å². The van der Waals surface area contributed by atoms with Crippen molar-refractivity contribution in [1.82, 2.24) is 4.98 Å². The highest BCUT2D eigenvalue weighted by Crippen LogP contribution is 2.30. The zero-order chi connectivity index (χ0) is 14.0. The summed E-state index contributed by atoms with van der Waals surface area (Å²) < 4.78 is 0. The quantitative estimate of drug-likeness (QED) is 0.899. The van der Waals surface area contributed by atoms with Crippen LogP contribution in [-0.4, -0.2) is 16.1 Å². The number of aryl methyl sites for hydroxylation is 2. The molecule has 1 heterocycles. The first-order valence-electron chi connectivity index (χ1n) is 5.71. The molecule has 0 radical (unpaired) electrons. The number of carboxylic acid groups (broad SMARTS) is 1. The Morgan fingerprint density at radius 1 is 1.26 bits per heavy atom. The molecule has 0 amide bonds. The standard InChI is InChI=1S/C14H14N2O2S/c1-8-3-4-11(5-9(8)2)19-13-12(14(17)18)6-10(15)7-16-13/h3-7H,15H2,1-2H3,(H,17,18). The predicted octanol–water partition coefficient (Wildman–Crippen LogP) is 3.13. The fraction of sp³-hybridized carbons (Fsp3) is 0.143. The summed E-state index contributed by atoms with van der Waals surface area (Å²) in [5.41, 5.74) is 8.41. The van der Waals surface area contributed by atoms with Gasteiger partial charge < -0.3 is 10.8 Å². The molecule has 0 aliphatic heterocycles. The van der Waals surface area contributed by atoms with Crippen molar-refractivity contribution in [2.24, 2.45) is 0 Å². The van der Waals surface area contributed by atoms with Crippen LogP contribution in [0.3, 0.4) is 0 Å². The lowest BCUT2D eigenvalue weighted by molar-refractivity contribution is 0.0692. The van der Waals surface area contributed by atoms with Crippen molar-refractivity contribution in [3.05, 3.63) is 47.2 Å². The number of carboxylic acids is 1. The first-order chi connectivity index (χ1) is 8.97. The Hall–Kier alpha value is -2.01. The van der Waals surface area contributed by atoms with Crippen LogP contribution in [0.1, 0.15) is 21.5 Å². The molecular formula is C14H14N2O2S. The predicted molar refractivity (Wildman–Crippen MR) is 75.6 cm³/mol. The van der Waals surface area contributed by atoms with Gasteiger partial charge in [-0.1, -0.05) is 17.8 Å². The average molecular weight is 274 g/mol. The Balaban J connectivity index is 2.37. The molecular weight excluding hydrogens is 260 g/mol. The first kappa shape index (κ1) is 13.4. The van der Waals surface area contributed by atoms with Crippen molar-refractivity contribution in [1.29, 1.82) is 0 Å². The van der Waals surface area contributed by atoms with Gasteiger partial charge in [0.05, 0.1) is 17.4 Å². The van der Waals surface area contributed by atoms with Gasteiger partial charge in [-0.2, -0.15) is 0 Å². The number of aromatic nitrogens is 1. The van der Waals surface area contributed by atoms with Crippen LogP contribution in [0.5, 0.6) is 0 Å². The smallest absolute Gasteiger partial charge is 0.338 e. The number of hydrogen-bond acceptors (Lipinski definition) is 4. The molecule has 5 heteroatoms. The van der Waals surface area contributed by atoms with Gasteiger partial charge in [0.15, 0.2) is 0 Å². The molecule has 0 spiro atoms. The fourth-order valence-corrected chi connectivity index (χ4v) is 2.55. The van der Waals surface area contributed by atoms with E-state index < -0.39 is 5.97 Å². The first-order valence-corrected chi connectivity index (χ1v) is 6.53. The van der Waals surface area contributed by atoms with Crippen molar-refractivity contribution >= 4 is 23.4 Å². The van der Waals surface area contributed by atoms with E-state index in [2.05, 4.69) is 4.98 Å². The SMILES string of the molecule is Cc1ccc(Sc2ncc(N)cc2C(=O)O)cc1C. The van der Waals surface area contributed by atoms with E-state index in [0.717, 1.165) is 10.5 Å². The summed E-state index contributed by atoms with van der Waals surface area (Å²) in [6.45, 7) is 4.06. The maximum Gasteiger partial charge on any atom is 0.338 e. The number of anilines is 1. The second kappa shape index (κ2) is 5.32. The summed E-state index contributed by atoms with van der Waals surface area (Å²) in [5, 5.41) is 9.61. The molecule has 2 aromatic rings. The van der Waals surface area contributed by atoms with Gasteiger partial charge in [-0.05, 0) is 43.2 Å². The largest absolute Gasteiger partial charge is 0.478 e. The molecule has 3 N–H and O–H groups in total. The summed E-state index contributed by atoms with van der Waals surface area (Å²) in [7, 11) is 0. The van der Waals surface area contributed by atoms with E-state index in [1.165, 1.54) is 29.6 Å². The molecule has 0 unspecified atom stereocenters. The molecule has 0 bridgehead atoms. The van der Waals surface area contributed by atoms with E-state index in [1.54, 1.807) is 0 Å². The van der Waals surface area contributed by atoms with Crippen molar-refractivity contribution in [3.63, 3.8) is 0 Å². The number of nitrogens with two attached hydrogens (primary N) is 1. The number of benzene rings is 1. The molecule has 19 heavy (non-hydrogen) atoms. The maximum atomic E-state index is 11.2. The molecule has 1 aromatic heterocycles. The Kier molecular flexibility index (Phi) is 3.76. The molecule has 0 aliphatic carbocycles. The topological polar surface area (TPSA) is 76.2 Å². The Labute approximate surface area is 115 Å². The number of aromatic carboxylic acids is 1. The third-order valence-corrected chi connectivity index (χ3v) is 3.80. The molecule has 1 aromatic carbocycles. The Morgan fingerprint density at radius 3 is 2.63 bits per heavy atom. The van der Waals surface area contributed by atoms with Gasteiger partial charge in [0.25, 0.3) is 0 Å². The number of nitrogens with zero attached hydrogens (tertiary/aromatic N) is 1. The molecule has 0 atom stereocenters. The van der Waals surface area contributed by atoms with Crippen LogP contribution in [0.4, 0.5) is 5.69 Å². The van der Waals surface area contributed by atoms with Crippen LogP contribution in [0, 0.1) is 13.8 Å². The summed E-state index contributed by atoms with van der Waals surface area (Å²) >= 11 is 1.33. The molecule has 0 saturated heterocycles. The van der Waals surface area contributed by atoms with Crippen molar-refractivity contribution in [2.75, 3.05) is 5.73 Å². The van der Waals surface area contributed by atoms with Gasteiger partial charge in [0.1, 0.15) is 5.03 Å². The minimum Gasteiger partial charge on any atom is -0.478 e. The molecule has 0 fully saturated rings. The van der Waals surface area contributed by atoms with Crippen LogP contribution in [-0.2, 0) is 0 Å². The highest BCUT2D eigenvalue weighted by molar-refractivity contribution is 7.99. The van der Waals surface area contributed by atoms with E-state index in [4.69, 9.17) is 10.8 Å². The summed E-state index contributed by atoms with van der Waals surface area (Å²) in [4.78, 5) is 16.2. The minimum absolute atomic E-state index is 0.128. The zero-order valence-corrected chi connectivity index (χ0v) is 11.5. The maximum absolute atomic E-state index is 11.2. The van der Waals surface area contributed by atoms with Gasteiger partial charge in [-0.15, -0.1) is 0 Å². The molecule has 0 aliphatic rings. The van der Waals surface area contributed by atoms with Crippen molar-refractivity contribution < 1.29 is 9.90 Å². The normalized spacial score (nSPS) is 10.4. The minimum atomic E-state index is -1.02. The van der Waals surface area contributed by atoms with Gasteiger partial charge in [-0.25, -0.2) is 9.78 Å². The lowest BCUT2D eigenvalue weighted by Gasteiger charge is -2.07. The molecule has 4 nitrogen and oxygen atoms in total. The molecule has 98 valence electrons. The number of nitrogen functional groups attached to an aromatic ring is 1. The zero-order valence-electron chi connectivity index (χ0n) is 10.7. The lowest BCUT2D eigenvalue weighted by Crippen LogP contribution is -2.02. The summed E-state index contributed by atoms with van der Waals surface area (Å²) in [6, 6.07) is 7.41. The highest BCUT2D eigenvalue weighted by Gasteiger charge is 2.13. The van der Waals surface area contributed by atoms with Crippen molar-refractivity contribution in [3.8, 4) is 0 Å². The van der Waals surface area contributed by atoms with E-state index in [0.29, 0.717) is 10.7 Å². The van der Waals surface area contributed by atoms with Gasteiger partial charge >= 0.3 is 5.97 Å². The van der Waals surface area contributed by atoms with Crippen molar-refractivity contribution in [2.45, 2.75) is 23.8 Å². The van der Waals surface area contributed by atoms with Crippen LogP contribution < -0.4 is 5.73 Å². The van der Waals surface area contributed by atoms with E-state index in [-0.39, 0.29) is 5.56 Å². The number of hydrogen-bond donors (Lipinski definition) is 2. The Bertz CT molecular complexity index is 641. The van der Waals surface area contributed by atoms with Crippen LogP contribution in [0.15, 0.2) is 40.4 Å². The third-order valence-electron chi connectivity index (χ3n) is 2.80. The van der Waals surface area contributed by atoms with E-state index in [1.807, 2.05) is 32.0 Å². The van der Waals surface area contributed by atoms with Crippen LogP contribution in [0.2, 0.25) is 0 Å². The monoisotopic (exact) mass is 274 g/mol. The number of carbonyl (C=O) groups is 1. The number of pyridine rings is 1. The van der Waals surface area contributed by atoms with Crippen LogP contribution >= 0.6 is 11.8 Å². The van der Waals surface area contributed by atoms with Gasteiger partial charge in [0.2, 0.25) is 0 Å². The average Bonchev–Trinajstić information content (AvgIpc) is 2.36. The molecule has 0 saturated carbocycles. The summed E-state index contributed by atoms with van der Waals surface area (Å²) in [6.07, 6.45) is 1.47. The molecule has 2 rings (SSSR count). The number of rotatable bonds is 3. The van der Waals surface area contributed by atoms with E-state index in [9.17, 15) is 4.79 Å². The Morgan fingerprint density at radius 2 is 2.00 bits per heavy atom. The lowest BCUT2D eigenvalue weighted by atomic mass is 10.1. The highest BCUT2D eigenvalue weighted by atomic mass is 32.2. The third kappa shape index (κ3) is 3.06. The fourth-order valence-electron chi connectivity index (χ4n) is 1.59. The second-order valence-electron chi connectivity index (χ2n) is 4.27. The van der Waals surface area contributed by atoms with E-state index >= 15 is 0 Å². The second-order valence-corrected chi connectivity index (χ2v) is 5.34. The summed E-state index contributed by atoms with van der Waals surface area (Å²) in [5.74, 6) is -1.02.